The molecule has 0 aliphatic rings. The first kappa shape index (κ1) is 13.2. The average molecular weight is 304 g/mol. The van der Waals surface area contributed by atoms with Gasteiger partial charge >= 0.3 is 0 Å². The first-order chi connectivity index (χ1) is 8.70. The Morgan fingerprint density at radius 2 is 1.78 bits per heavy atom. The Morgan fingerprint density at radius 3 is 2.50 bits per heavy atom. The fourth-order valence-electron chi connectivity index (χ4n) is 2.05. The van der Waals surface area contributed by atoms with Crippen molar-refractivity contribution in [3.63, 3.8) is 0 Å². The minimum Gasteiger partial charge on any atom is -0.381 e. The summed E-state index contributed by atoms with van der Waals surface area (Å²) in [5, 5.41) is 3.51. The molecule has 1 nitrogen and oxygen atoms in total. The molecule has 0 heterocycles. The van der Waals surface area contributed by atoms with E-state index >= 15 is 0 Å². The number of nitrogens with one attached hydrogen (secondary N) is 1. The van der Waals surface area contributed by atoms with Gasteiger partial charge in [0.1, 0.15) is 0 Å². The van der Waals surface area contributed by atoms with Crippen molar-refractivity contribution in [2.24, 2.45) is 0 Å². The van der Waals surface area contributed by atoms with Crippen LogP contribution in [0.4, 0.5) is 5.69 Å². The Balaban J connectivity index is 2.14. The van der Waals surface area contributed by atoms with Crippen molar-refractivity contribution in [1.82, 2.24) is 0 Å². The van der Waals surface area contributed by atoms with Crippen LogP contribution in [0.2, 0.25) is 0 Å². The lowest BCUT2D eigenvalue weighted by Crippen LogP contribution is -2.03. The van der Waals surface area contributed by atoms with Crippen molar-refractivity contribution in [1.29, 1.82) is 0 Å². The van der Waals surface area contributed by atoms with E-state index < -0.39 is 0 Å². The number of rotatable bonds is 4. The highest BCUT2D eigenvalue weighted by Crippen LogP contribution is 2.21. The number of aryl methyl sites for hydroxylation is 2. The number of hydrogen-bond donors (Lipinski definition) is 1. The van der Waals surface area contributed by atoms with Crippen LogP contribution in [0, 0.1) is 6.92 Å². The fourth-order valence-corrected chi connectivity index (χ4v) is 2.41. The number of benzene rings is 2. The van der Waals surface area contributed by atoms with Crippen LogP contribution in [-0.4, -0.2) is 0 Å². The lowest BCUT2D eigenvalue weighted by Gasteiger charge is -2.12. The Hall–Kier alpha value is -1.28. The van der Waals surface area contributed by atoms with E-state index in [1.54, 1.807) is 0 Å². The summed E-state index contributed by atoms with van der Waals surface area (Å²) < 4.78 is 1.11. The topological polar surface area (TPSA) is 12.0 Å². The minimum atomic E-state index is 0.876. The van der Waals surface area contributed by atoms with Gasteiger partial charge in [0.05, 0.1) is 0 Å². The summed E-state index contributed by atoms with van der Waals surface area (Å²) in [6, 6.07) is 14.9. The van der Waals surface area contributed by atoms with Crippen molar-refractivity contribution in [2.45, 2.75) is 26.8 Å². The standard InChI is InChI=1S/C16H18BrN/c1-3-13-6-4-5-7-14(13)11-18-16-10-15(17)9-8-12(16)2/h4-10,18H,3,11H2,1-2H3. The molecular formula is C16H18BrN. The van der Waals surface area contributed by atoms with Gasteiger partial charge in [-0.2, -0.15) is 0 Å². The molecule has 0 atom stereocenters. The number of hydrogen-bond acceptors (Lipinski definition) is 1. The molecule has 0 saturated carbocycles. The van der Waals surface area contributed by atoms with E-state index in [4.69, 9.17) is 0 Å². The summed E-state index contributed by atoms with van der Waals surface area (Å²) in [5.74, 6) is 0. The zero-order valence-electron chi connectivity index (χ0n) is 10.8. The summed E-state index contributed by atoms with van der Waals surface area (Å²) in [6.45, 7) is 5.20. The van der Waals surface area contributed by atoms with Crippen LogP contribution < -0.4 is 5.32 Å². The van der Waals surface area contributed by atoms with E-state index in [9.17, 15) is 0 Å². The molecular weight excluding hydrogens is 286 g/mol. The molecule has 0 radical (unpaired) electrons. The first-order valence-corrected chi connectivity index (χ1v) is 7.07. The highest BCUT2D eigenvalue weighted by molar-refractivity contribution is 9.10. The maximum Gasteiger partial charge on any atom is 0.0403 e. The maximum absolute atomic E-state index is 3.51. The average Bonchev–Trinajstić information content (AvgIpc) is 2.40. The van der Waals surface area contributed by atoms with E-state index in [-0.39, 0.29) is 0 Å². The summed E-state index contributed by atoms with van der Waals surface area (Å²) in [6.07, 6.45) is 1.08. The van der Waals surface area contributed by atoms with Gasteiger partial charge in [-0.25, -0.2) is 0 Å². The summed E-state index contributed by atoms with van der Waals surface area (Å²) in [7, 11) is 0. The molecule has 0 amide bonds. The number of anilines is 1. The molecule has 2 aromatic carbocycles. The summed E-state index contributed by atoms with van der Waals surface area (Å²) in [4.78, 5) is 0. The maximum atomic E-state index is 3.51. The molecule has 1 N–H and O–H groups in total. The Morgan fingerprint density at radius 1 is 1.06 bits per heavy atom. The Kier molecular flexibility index (Phi) is 4.43. The van der Waals surface area contributed by atoms with E-state index in [2.05, 4.69) is 77.6 Å². The largest absolute Gasteiger partial charge is 0.381 e. The van der Waals surface area contributed by atoms with Gasteiger partial charge in [0.25, 0.3) is 0 Å². The van der Waals surface area contributed by atoms with Crippen LogP contribution in [0.1, 0.15) is 23.6 Å². The third-order valence-electron chi connectivity index (χ3n) is 3.17. The van der Waals surface area contributed by atoms with E-state index in [0.29, 0.717) is 0 Å². The lowest BCUT2D eigenvalue weighted by molar-refractivity contribution is 1.04. The Bertz CT molecular complexity index is 534. The second-order valence-electron chi connectivity index (χ2n) is 4.44. The van der Waals surface area contributed by atoms with E-state index in [1.165, 1.54) is 22.4 Å². The highest BCUT2D eigenvalue weighted by atomic mass is 79.9. The Labute approximate surface area is 117 Å². The summed E-state index contributed by atoms with van der Waals surface area (Å²) >= 11 is 3.51. The van der Waals surface area contributed by atoms with Gasteiger partial charge in [0, 0.05) is 16.7 Å². The molecule has 0 aromatic heterocycles. The third-order valence-corrected chi connectivity index (χ3v) is 3.66. The molecule has 2 rings (SSSR count). The lowest BCUT2D eigenvalue weighted by atomic mass is 10.1. The second-order valence-corrected chi connectivity index (χ2v) is 5.35. The van der Waals surface area contributed by atoms with Gasteiger partial charge in [-0.15, -0.1) is 0 Å². The zero-order chi connectivity index (χ0) is 13.0. The van der Waals surface area contributed by atoms with Crippen LogP contribution in [-0.2, 0) is 13.0 Å². The fraction of sp³-hybridized carbons (Fsp3) is 0.250. The van der Waals surface area contributed by atoms with Crippen LogP contribution in [0.15, 0.2) is 46.9 Å². The molecule has 94 valence electrons. The highest BCUT2D eigenvalue weighted by Gasteiger charge is 2.02. The molecule has 0 spiro atoms. The first-order valence-electron chi connectivity index (χ1n) is 6.27. The molecule has 2 aromatic rings. The van der Waals surface area contributed by atoms with E-state index in [1.807, 2.05) is 0 Å². The van der Waals surface area contributed by atoms with Crippen LogP contribution in [0.5, 0.6) is 0 Å². The molecule has 0 aliphatic heterocycles. The van der Waals surface area contributed by atoms with Gasteiger partial charge < -0.3 is 5.32 Å². The van der Waals surface area contributed by atoms with E-state index in [0.717, 1.165) is 17.4 Å². The molecule has 0 saturated heterocycles. The van der Waals surface area contributed by atoms with Crippen molar-refractivity contribution in [3.8, 4) is 0 Å². The quantitative estimate of drug-likeness (QED) is 0.844. The van der Waals surface area contributed by atoms with Crippen LogP contribution in [0.25, 0.3) is 0 Å². The third kappa shape index (κ3) is 3.14. The minimum absolute atomic E-state index is 0.876. The molecule has 18 heavy (non-hydrogen) atoms. The van der Waals surface area contributed by atoms with Gasteiger partial charge in [-0.05, 0) is 42.2 Å². The van der Waals surface area contributed by atoms with Crippen LogP contribution in [0.3, 0.4) is 0 Å². The van der Waals surface area contributed by atoms with Crippen molar-refractivity contribution in [3.05, 3.63) is 63.6 Å². The normalized spacial score (nSPS) is 10.4. The van der Waals surface area contributed by atoms with Crippen molar-refractivity contribution in [2.75, 3.05) is 5.32 Å². The molecule has 0 unspecified atom stereocenters. The SMILES string of the molecule is CCc1ccccc1CNc1cc(Br)ccc1C. The molecule has 0 fully saturated rings. The summed E-state index contributed by atoms with van der Waals surface area (Å²) in [5.41, 5.74) is 5.25. The van der Waals surface area contributed by atoms with Gasteiger partial charge in [-0.1, -0.05) is 53.2 Å². The second kappa shape index (κ2) is 6.05. The van der Waals surface area contributed by atoms with Crippen molar-refractivity contribution >= 4 is 21.6 Å². The molecule has 0 aliphatic carbocycles. The smallest absolute Gasteiger partial charge is 0.0403 e. The molecule has 0 bridgehead atoms. The van der Waals surface area contributed by atoms with Gasteiger partial charge in [0.15, 0.2) is 0 Å². The molecule has 2 heteroatoms. The predicted octanol–water partition coefficient (Wildman–Crippen LogP) is 4.93. The van der Waals surface area contributed by atoms with Gasteiger partial charge in [0.2, 0.25) is 0 Å². The predicted molar refractivity (Wildman–Crippen MR) is 82.0 cm³/mol. The van der Waals surface area contributed by atoms with Gasteiger partial charge in [-0.3, -0.25) is 0 Å². The van der Waals surface area contributed by atoms with Crippen molar-refractivity contribution < 1.29 is 0 Å². The monoisotopic (exact) mass is 303 g/mol. The number of halogens is 1. The zero-order valence-corrected chi connectivity index (χ0v) is 12.4. The van der Waals surface area contributed by atoms with Crippen LogP contribution >= 0.6 is 15.9 Å².